The summed E-state index contributed by atoms with van der Waals surface area (Å²) in [6, 6.07) is 0. The summed E-state index contributed by atoms with van der Waals surface area (Å²) >= 11 is 2.84. The van der Waals surface area contributed by atoms with E-state index in [0.717, 1.165) is 40.1 Å². The summed E-state index contributed by atoms with van der Waals surface area (Å²) in [6.45, 7) is 10.0. The SMILES string of the molecule is CCCCNc1nnc(S[C@H](C)C(=O)c2[nH]c(C)c(C(C)=O)c2C)s1. The number of carbonyl (C=O) groups is 2. The number of carbonyl (C=O) groups excluding carboxylic acids is 2. The van der Waals surface area contributed by atoms with Crippen LogP contribution in [0.25, 0.3) is 0 Å². The number of rotatable bonds is 9. The van der Waals surface area contributed by atoms with Crippen LogP contribution < -0.4 is 5.32 Å². The monoisotopic (exact) mass is 380 g/mol. The highest BCUT2D eigenvalue weighted by molar-refractivity contribution is 8.02. The largest absolute Gasteiger partial charge is 0.360 e. The van der Waals surface area contributed by atoms with E-state index in [4.69, 9.17) is 0 Å². The first kappa shape index (κ1) is 19.7. The fraction of sp³-hybridized carbons (Fsp3) is 0.529. The topological polar surface area (TPSA) is 87.7 Å². The van der Waals surface area contributed by atoms with Crippen LogP contribution >= 0.6 is 23.1 Å². The molecule has 0 saturated heterocycles. The quantitative estimate of drug-likeness (QED) is 0.384. The van der Waals surface area contributed by atoms with Gasteiger partial charge in [-0.15, -0.1) is 10.2 Å². The van der Waals surface area contributed by atoms with Crippen LogP contribution in [-0.2, 0) is 0 Å². The second kappa shape index (κ2) is 8.62. The molecule has 0 aromatic carbocycles. The molecule has 25 heavy (non-hydrogen) atoms. The van der Waals surface area contributed by atoms with E-state index in [1.807, 2.05) is 20.8 Å². The number of nitrogens with zero attached hydrogens (tertiary/aromatic N) is 2. The third-order valence-corrected chi connectivity index (χ3v) is 5.96. The van der Waals surface area contributed by atoms with E-state index in [1.165, 1.54) is 30.0 Å². The zero-order valence-electron chi connectivity index (χ0n) is 15.2. The van der Waals surface area contributed by atoms with E-state index in [-0.39, 0.29) is 16.8 Å². The third kappa shape index (κ3) is 4.70. The minimum absolute atomic E-state index is 0.0301. The van der Waals surface area contributed by atoms with Crippen LogP contribution in [0.15, 0.2) is 4.34 Å². The lowest BCUT2D eigenvalue weighted by molar-refractivity contribution is 0.0988. The molecule has 0 aliphatic carbocycles. The third-order valence-electron chi connectivity index (χ3n) is 3.90. The van der Waals surface area contributed by atoms with Gasteiger partial charge in [0.25, 0.3) is 0 Å². The number of hydrogen-bond donors (Lipinski definition) is 2. The zero-order chi connectivity index (χ0) is 18.6. The number of H-pyrrole nitrogens is 1. The lowest BCUT2D eigenvalue weighted by atomic mass is 10.0. The number of hydrogen-bond acceptors (Lipinski definition) is 7. The molecule has 0 amide bonds. The molecule has 0 fully saturated rings. The summed E-state index contributed by atoms with van der Waals surface area (Å²) in [5, 5.41) is 11.9. The Morgan fingerprint density at radius 1 is 1.32 bits per heavy atom. The predicted molar refractivity (Wildman–Crippen MR) is 103 cm³/mol. The fourth-order valence-electron chi connectivity index (χ4n) is 2.63. The van der Waals surface area contributed by atoms with Gasteiger partial charge in [0.2, 0.25) is 5.13 Å². The molecule has 0 aliphatic rings. The Balaban J connectivity index is 2.06. The maximum Gasteiger partial charge on any atom is 0.206 e. The van der Waals surface area contributed by atoms with E-state index >= 15 is 0 Å². The van der Waals surface area contributed by atoms with Gasteiger partial charge in [-0.2, -0.15) is 0 Å². The van der Waals surface area contributed by atoms with Gasteiger partial charge in [-0.25, -0.2) is 0 Å². The number of thioether (sulfide) groups is 1. The molecular formula is C17H24N4O2S2. The van der Waals surface area contributed by atoms with E-state index < -0.39 is 0 Å². The normalized spacial score (nSPS) is 12.2. The molecule has 0 unspecified atom stereocenters. The van der Waals surface area contributed by atoms with Crippen molar-refractivity contribution in [2.24, 2.45) is 0 Å². The van der Waals surface area contributed by atoms with E-state index in [1.54, 1.807) is 0 Å². The van der Waals surface area contributed by atoms with Crippen molar-refractivity contribution >= 4 is 39.8 Å². The van der Waals surface area contributed by atoms with Crippen molar-refractivity contribution in [2.45, 2.75) is 57.0 Å². The van der Waals surface area contributed by atoms with Gasteiger partial charge in [-0.1, -0.05) is 36.4 Å². The standard InChI is InChI=1S/C17H24N4O2S2/c1-6-7-8-18-16-20-21-17(25-16)24-12(5)15(23)14-9(2)13(11(4)22)10(3)19-14/h12,19H,6-8H2,1-5H3,(H,18,20)/t12-/m1/s1. The number of anilines is 1. The first-order valence-corrected chi connectivity index (χ1v) is 10.0. The average molecular weight is 381 g/mol. The van der Waals surface area contributed by atoms with Crippen molar-refractivity contribution in [2.75, 3.05) is 11.9 Å². The van der Waals surface area contributed by atoms with Crippen LogP contribution in [0.5, 0.6) is 0 Å². The molecule has 6 nitrogen and oxygen atoms in total. The van der Waals surface area contributed by atoms with Crippen LogP contribution in [0.3, 0.4) is 0 Å². The zero-order valence-corrected chi connectivity index (χ0v) is 16.9. The lowest BCUT2D eigenvalue weighted by Crippen LogP contribution is -2.15. The van der Waals surface area contributed by atoms with Crippen LogP contribution in [-0.4, -0.2) is 38.5 Å². The molecule has 2 aromatic rings. The Kier molecular flexibility index (Phi) is 6.78. The first-order chi connectivity index (χ1) is 11.8. The molecule has 0 bridgehead atoms. The highest BCUT2D eigenvalue weighted by atomic mass is 32.2. The molecule has 0 aliphatic heterocycles. The van der Waals surface area contributed by atoms with Crippen molar-refractivity contribution < 1.29 is 9.59 Å². The molecule has 1 atom stereocenters. The van der Waals surface area contributed by atoms with Gasteiger partial charge in [0.05, 0.1) is 10.9 Å². The van der Waals surface area contributed by atoms with Gasteiger partial charge in [0, 0.05) is 17.8 Å². The summed E-state index contributed by atoms with van der Waals surface area (Å²) in [6.07, 6.45) is 2.21. The minimum Gasteiger partial charge on any atom is -0.360 e. The number of aromatic amines is 1. The molecule has 8 heteroatoms. The van der Waals surface area contributed by atoms with E-state index in [2.05, 4.69) is 27.4 Å². The first-order valence-electron chi connectivity index (χ1n) is 8.33. The van der Waals surface area contributed by atoms with Gasteiger partial charge >= 0.3 is 0 Å². The summed E-state index contributed by atoms with van der Waals surface area (Å²) in [7, 11) is 0. The van der Waals surface area contributed by atoms with Gasteiger partial charge in [-0.3, -0.25) is 9.59 Å². The molecule has 2 N–H and O–H groups in total. The molecule has 2 rings (SSSR count). The smallest absolute Gasteiger partial charge is 0.206 e. The van der Waals surface area contributed by atoms with Crippen LogP contribution in [0.4, 0.5) is 5.13 Å². The highest BCUT2D eigenvalue weighted by Gasteiger charge is 2.25. The number of ketones is 2. The Hall–Kier alpha value is -1.67. The Morgan fingerprint density at radius 2 is 2.04 bits per heavy atom. The average Bonchev–Trinajstić information content (AvgIpc) is 3.10. The minimum atomic E-state index is -0.312. The summed E-state index contributed by atoms with van der Waals surface area (Å²) in [5.74, 6) is -0.0636. The second-order valence-electron chi connectivity index (χ2n) is 5.96. The van der Waals surface area contributed by atoms with Gasteiger partial charge in [-0.05, 0) is 39.7 Å². The number of aryl methyl sites for hydroxylation is 1. The maximum atomic E-state index is 12.8. The van der Waals surface area contributed by atoms with Crippen molar-refractivity contribution in [3.8, 4) is 0 Å². The van der Waals surface area contributed by atoms with Crippen LogP contribution in [0.1, 0.15) is 65.7 Å². The van der Waals surface area contributed by atoms with Crippen LogP contribution in [0.2, 0.25) is 0 Å². The van der Waals surface area contributed by atoms with E-state index in [0.29, 0.717) is 11.3 Å². The molecule has 2 aromatic heterocycles. The second-order valence-corrected chi connectivity index (χ2v) is 8.52. The Morgan fingerprint density at radius 3 is 2.64 bits per heavy atom. The Labute approximate surface area is 156 Å². The van der Waals surface area contributed by atoms with Crippen molar-refractivity contribution in [1.82, 2.24) is 15.2 Å². The number of Topliss-reactive ketones (excluding diaryl/α,β-unsaturated/α-hetero) is 2. The summed E-state index contributed by atoms with van der Waals surface area (Å²) in [5.41, 5.74) is 2.58. The molecule has 136 valence electrons. The number of aromatic nitrogens is 3. The summed E-state index contributed by atoms with van der Waals surface area (Å²) in [4.78, 5) is 27.6. The van der Waals surface area contributed by atoms with E-state index in [9.17, 15) is 9.59 Å². The predicted octanol–water partition coefficient (Wildman–Crippen LogP) is 4.26. The molecule has 2 heterocycles. The van der Waals surface area contributed by atoms with Crippen molar-refractivity contribution in [3.63, 3.8) is 0 Å². The highest BCUT2D eigenvalue weighted by Crippen LogP contribution is 2.31. The van der Waals surface area contributed by atoms with Gasteiger partial charge in [0.15, 0.2) is 15.9 Å². The molecule has 0 saturated carbocycles. The van der Waals surface area contributed by atoms with Crippen molar-refractivity contribution in [3.05, 3.63) is 22.5 Å². The lowest BCUT2D eigenvalue weighted by Gasteiger charge is -2.07. The molecule has 0 spiro atoms. The van der Waals surface area contributed by atoms with Crippen LogP contribution in [0, 0.1) is 13.8 Å². The summed E-state index contributed by atoms with van der Waals surface area (Å²) < 4.78 is 0.757. The van der Waals surface area contributed by atoms with Gasteiger partial charge < -0.3 is 10.3 Å². The van der Waals surface area contributed by atoms with Crippen molar-refractivity contribution in [1.29, 1.82) is 0 Å². The number of unbranched alkanes of at least 4 members (excludes halogenated alkanes) is 1. The molecular weight excluding hydrogens is 356 g/mol. The maximum absolute atomic E-state index is 12.8. The fourth-order valence-corrected chi connectivity index (χ4v) is 4.61. The Bertz CT molecular complexity index is 767. The number of nitrogens with one attached hydrogen (secondary N) is 2. The molecule has 0 radical (unpaired) electrons. The van der Waals surface area contributed by atoms with Gasteiger partial charge in [0.1, 0.15) is 0 Å².